The lowest BCUT2D eigenvalue weighted by molar-refractivity contribution is -0.384. The number of nitro groups is 1. The van der Waals surface area contributed by atoms with Crippen LogP contribution in [0, 0.1) is 10.1 Å². The van der Waals surface area contributed by atoms with E-state index in [4.69, 9.17) is 16.3 Å². The molecule has 2 aromatic rings. The number of β-lactam (4-membered cyclic amide) rings is 1. The van der Waals surface area contributed by atoms with Gasteiger partial charge in [-0.15, -0.1) is 11.6 Å². The summed E-state index contributed by atoms with van der Waals surface area (Å²) in [6.45, 7) is 1.36. The number of ether oxygens (including phenoxy) is 1. The summed E-state index contributed by atoms with van der Waals surface area (Å²) in [5.41, 5.74) is 0.421. The third kappa shape index (κ3) is 7.43. The number of halogens is 1. The number of benzene rings is 2. The van der Waals surface area contributed by atoms with Crippen LogP contribution in [0.15, 0.2) is 53.6 Å². The Labute approximate surface area is 321 Å². The summed E-state index contributed by atoms with van der Waals surface area (Å²) >= 11 is 6.61. The lowest BCUT2D eigenvalue weighted by Crippen LogP contribution is -2.68. The first-order chi connectivity index (χ1) is 26.3. The molecule has 22 heteroatoms. The molecular weight excluding hydrogens is 766 g/mol. The summed E-state index contributed by atoms with van der Waals surface area (Å²) in [6, 6.07) is 6.08. The number of urea groups is 2. The highest BCUT2D eigenvalue weighted by atomic mass is 35.5. The van der Waals surface area contributed by atoms with E-state index in [2.05, 4.69) is 15.7 Å². The number of nitrogens with zero attached hydrogens (tertiary/aromatic N) is 7. The van der Waals surface area contributed by atoms with Crippen molar-refractivity contribution in [3.63, 3.8) is 0 Å². The van der Waals surface area contributed by atoms with Gasteiger partial charge >= 0.3 is 29.8 Å². The van der Waals surface area contributed by atoms with Gasteiger partial charge in [-0.3, -0.25) is 39.1 Å². The van der Waals surface area contributed by atoms with Gasteiger partial charge in [0, 0.05) is 44.5 Å². The maximum Gasteiger partial charge on any atom is 0.345 e. The third-order valence-electron chi connectivity index (χ3n) is 9.38. The molecule has 4 atom stereocenters. The van der Waals surface area contributed by atoms with E-state index in [9.17, 15) is 48.8 Å². The molecule has 4 aliphatic heterocycles. The van der Waals surface area contributed by atoms with E-state index in [0.29, 0.717) is 10.5 Å². The second-order valence-electron chi connectivity index (χ2n) is 12.6. The van der Waals surface area contributed by atoms with Gasteiger partial charge in [-0.1, -0.05) is 23.9 Å². The number of phenolic OH excluding ortho intramolecular Hbond substituents is 1. The van der Waals surface area contributed by atoms with Gasteiger partial charge < -0.3 is 30.3 Å². The Kier molecular flexibility index (Phi) is 11.1. The topological polar surface area (TPSA) is 245 Å². The minimum absolute atomic E-state index is 0.00651. The first-order valence-electron chi connectivity index (χ1n) is 16.9. The molecule has 20 nitrogen and oxygen atoms in total. The molecule has 0 spiro atoms. The van der Waals surface area contributed by atoms with Crippen molar-refractivity contribution < 1.29 is 48.3 Å². The quantitative estimate of drug-likeness (QED) is 0.0507. The normalized spacial score (nSPS) is 22.8. The van der Waals surface area contributed by atoms with Gasteiger partial charge in [0.1, 0.15) is 29.8 Å². The third-order valence-corrected chi connectivity index (χ3v) is 11.2. The molecule has 6 rings (SSSR count). The molecule has 290 valence electrons. The Morgan fingerprint density at radius 1 is 1.07 bits per heavy atom. The number of hydrazone groups is 1. The van der Waals surface area contributed by atoms with Crippen LogP contribution in [0.5, 0.6) is 5.75 Å². The van der Waals surface area contributed by atoms with E-state index in [0.717, 1.165) is 16.8 Å². The van der Waals surface area contributed by atoms with E-state index in [-0.39, 0.29) is 68.8 Å². The van der Waals surface area contributed by atoms with Crippen molar-refractivity contribution in [2.24, 2.45) is 5.10 Å². The summed E-state index contributed by atoms with van der Waals surface area (Å²) in [6.07, 6.45) is 1.30. The summed E-state index contributed by atoms with van der Waals surface area (Å²) in [5.74, 6) is -4.47. The molecule has 55 heavy (non-hydrogen) atoms. The van der Waals surface area contributed by atoms with E-state index < -0.39 is 68.9 Å². The molecule has 0 bridgehead atoms. The average molecular weight is 800 g/mol. The van der Waals surface area contributed by atoms with Gasteiger partial charge in [-0.2, -0.15) is 5.10 Å². The maximum absolute atomic E-state index is 14.0. The zero-order valence-corrected chi connectivity index (χ0v) is 30.6. The molecule has 3 N–H and O–H groups in total. The van der Waals surface area contributed by atoms with E-state index in [1.54, 1.807) is 6.92 Å². The molecule has 0 unspecified atom stereocenters. The number of likely N-dealkylation sites (N-methyl/N-ethyl adjacent to an activating group) is 1. The van der Waals surface area contributed by atoms with Gasteiger partial charge in [-0.25, -0.2) is 19.4 Å². The number of phenols is 1. The van der Waals surface area contributed by atoms with Crippen LogP contribution in [0.4, 0.5) is 15.3 Å². The second kappa shape index (κ2) is 15.8. The van der Waals surface area contributed by atoms with Crippen molar-refractivity contribution in [1.29, 1.82) is 0 Å². The fraction of sp³-hybridized carbons (Fsp3) is 0.394. The Morgan fingerprint density at radius 3 is 2.44 bits per heavy atom. The van der Waals surface area contributed by atoms with Gasteiger partial charge in [0.25, 0.3) is 5.69 Å². The SMILES string of the molecule is CCN1CCN(C(=O)N[C@@H](C(=O)N[C@@H]2C(=O)N3C[C@@](C(=O)OCc4ccc([N+](=O)[O-])cc4)(N4CCN(N=CCCl)C4=O)S[C@H]23)c2ccc(O)cc2)C(=O)C1=O. The molecular formula is C33H34ClN9O11S. The molecule has 4 fully saturated rings. The first-order valence-corrected chi connectivity index (χ1v) is 18.3. The number of hydrogen-bond donors (Lipinski definition) is 3. The van der Waals surface area contributed by atoms with Crippen LogP contribution in [-0.4, -0.2) is 144 Å². The predicted octanol–water partition coefficient (Wildman–Crippen LogP) is 0.544. The Balaban J connectivity index is 1.22. The van der Waals surface area contributed by atoms with Crippen molar-refractivity contribution in [1.82, 2.24) is 35.2 Å². The van der Waals surface area contributed by atoms with Gasteiger partial charge in [0.05, 0.1) is 23.9 Å². The largest absolute Gasteiger partial charge is 0.508 e. The van der Waals surface area contributed by atoms with Crippen LogP contribution in [0.2, 0.25) is 0 Å². The van der Waals surface area contributed by atoms with Crippen molar-refractivity contribution in [2.75, 3.05) is 45.1 Å². The van der Waals surface area contributed by atoms with Crippen LogP contribution in [-0.2, 0) is 35.3 Å². The number of hydrogen-bond acceptors (Lipinski definition) is 13. The Morgan fingerprint density at radius 2 is 1.78 bits per heavy atom. The molecule has 4 aliphatic rings. The molecule has 4 saturated heterocycles. The number of imide groups is 1. The fourth-order valence-electron chi connectivity index (χ4n) is 6.44. The number of nitro benzene ring substituents is 1. The Hall–Kier alpha value is -5.96. The molecule has 0 aromatic heterocycles. The number of rotatable bonds is 12. The van der Waals surface area contributed by atoms with Crippen LogP contribution in [0.1, 0.15) is 24.1 Å². The molecule has 0 aliphatic carbocycles. The van der Waals surface area contributed by atoms with E-state index in [1.165, 1.54) is 69.4 Å². The molecule has 4 heterocycles. The van der Waals surface area contributed by atoms with Crippen molar-refractivity contribution in [2.45, 2.75) is 35.9 Å². The number of carbonyl (C=O) groups is 7. The highest BCUT2D eigenvalue weighted by Crippen LogP contribution is 2.50. The summed E-state index contributed by atoms with van der Waals surface area (Å²) < 4.78 is 5.65. The first kappa shape index (κ1) is 38.8. The molecule has 8 amide bonds. The number of carbonyl (C=O) groups excluding carboxylic acids is 7. The lowest BCUT2D eigenvalue weighted by atomic mass is 10.0. The number of fused-ring (bicyclic) bond motifs is 1. The number of amides is 8. The summed E-state index contributed by atoms with van der Waals surface area (Å²) in [5, 5.41) is 30.3. The fourth-order valence-corrected chi connectivity index (χ4v) is 8.20. The minimum atomic E-state index is -1.80. The van der Waals surface area contributed by atoms with Gasteiger partial charge in [0.15, 0.2) is 0 Å². The van der Waals surface area contributed by atoms with Crippen molar-refractivity contribution in [3.8, 4) is 5.75 Å². The minimum Gasteiger partial charge on any atom is -0.508 e. The van der Waals surface area contributed by atoms with Crippen LogP contribution >= 0.6 is 23.4 Å². The number of non-ortho nitro benzene ring substituents is 1. The zero-order chi connectivity index (χ0) is 39.6. The zero-order valence-electron chi connectivity index (χ0n) is 29.0. The number of thioether (sulfide) groups is 1. The van der Waals surface area contributed by atoms with Crippen molar-refractivity contribution >= 4 is 76.9 Å². The number of nitrogens with one attached hydrogen (secondary N) is 2. The lowest BCUT2D eigenvalue weighted by Gasteiger charge is -2.41. The average Bonchev–Trinajstić information content (AvgIpc) is 3.74. The monoisotopic (exact) mass is 799 g/mol. The van der Waals surface area contributed by atoms with Gasteiger partial charge in [-0.05, 0) is 42.3 Å². The summed E-state index contributed by atoms with van der Waals surface area (Å²) in [7, 11) is 0. The van der Waals surface area contributed by atoms with Crippen LogP contribution < -0.4 is 10.6 Å². The molecule has 0 saturated carbocycles. The van der Waals surface area contributed by atoms with Crippen LogP contribution in [0.25, 0.3) is 0 Å². The standard InChI is InChI=1S/C33H34ClN9O11S/c1-2-38-13-14-39(28(48)27(38)47)31(50)37-23(20-5-9-22(44)10-6-20)25(45)36-24-26(46)40-18-33(55-29(24)40,41-15-16-42(32(41)51)35-12-11-34)30(49)54-17-19-3-7-21(8-4-19)43(52)53/h3-10,12,23-24,29,44H,2,11,13-18H2,1H3,(H,36,45)(H,37,50)/t23-,24-,29-,33-/m1/s1. The number of esters is 1. The number of alkyl halides is 1. The highest BCUT2D eigenvalue weighted by molar-refractivity contribution is 8.02. The van der Waals surface area contributed by atoms with E-state index in [1.807, 2.05) is 0 Å². The summed E-state index contributed by atoms with van der Waals surface area (Å²) in [4.78, 5) is 107. The highest BCUT2D eigenvalue weighted by Gasteiger charge is 2.67. The maximum atomic E-state index is 14.0. The smallest absolute Gasteiger partial charge is 0.345 e. The van der Waals surface area contributed by atoms with Crippen molar-refractivity contribution in [3.05, 3.63) is 69.8 Å². The number of aromatic hydroxyl groups is 1. The molecule has 0 radical (unpaired) electrons. The Bertz CT molecular complexity index is 1950. The van der Waals surface area contributed by atoms with Gasteiger partial charge in [0.2, 0.25) is 16.7 Å². The van der Waals surface area contributed by atoms with Crippen LogP contribution in [0.3, 0.4) is 0 Å². The second-order valence-corrected chi connectivity index (χ2v) is 14.3. The molecule has 2 aromatic carbocycles. The predicted molar refractivity (Wildman–Crippen MR) is 192 cm³/mol. The van der Waals surface area contributed by atoms with E-state index >= 15 is 0 Å². The number of piperazine rings is 1.